The van der Waals surface area contributed by atoms with E-state index in [1.807, 2.05) is 18.2 Å². The second-order valence-electron chi connectivity index (χ2n) is 5.81. The Morgan fingerprint density at radius 2 is 2.20 bits per heavy atom. The molecule has 3 atom stereocenters. The third-order valence-electron chi connectivity index (χ3n) is 4.24. The Morgan fingerprint density at radius 1 is 1.40 bits per heavy atom. The van der Waals surface area contributed by atoms with Gasteiger partial charge in [0.15, 0.2) is 0 Å². The summed E-state index contributed by atoms with van der Waals surface area (Å²) in [5.41, 5.74) is 0.974. The fraction of sp³-hybridized carbons (Fsp3) is 0.667. The smallest absolute Gasteiger partial charge is 0.150 e. The molecule has 1 aromatic rings. The molecule has 0 amide bonds. The van der Waals surface area contributed by atoms with Gasteiger partial charge in [0, 0.05) is 18.1 Å². The standard InChI is InChI=1S/C15H23NO3S/c1-20(18,19)14-7-4-5-12(11-14)15(17)9-8-13-6-2-3-10-16-13/h2-3,6,10,12,14-15,17H,4-5,7-9,11H2,1H3. The van der Waals surface area contributed by atoms with Crippen molar-refractivity contribution in [3.05, 3.63) is 30.1 Å². The van der Waals surface area contributed by atoms with Crippen molar-refractivity contribution in [1.29, 1.82) is 0 Å². The van der Waals surface area contributed by atoms with E-state index in [1.165, 1.54) is 6.26 Å². The predicted molar refractivity (Wildman–Crippen MR) is 79.2 cm³/mol. The van der Waals surface area contributed by atoms with Crippen LogP contribution < -0.4 is 0 Å². The lowest BCUT2D eigenvalue weighted by Crippen LogP contribution is -2.33. The van der Waals surface area contributed by atoms with Crippen LogP contribution in [0.15, 0.2) is 24.4 Å². The Balaban J connectivity index is 1.87. The van der Waals surface area contributed by atoms with E-state index in [0.717, 1.165) is 31.4 Å². The zero-order valence-corrected chi connectivity index (χ0v) is 12.7. The Labute approximate surface area is 121 Å². The first-order valence-electron chi connectivity index (χ1n) is 7.23. The number of rotatable bonds is 5. The topological polar surface area (TPSA) is 67.3 Å². The summed E-state index contributed by atoms with van der Waals surface area (Å²) in [7, 11) is -2.98. The number of sulfone groups is 1. The fourth-order valence-corrected chi connectivity index (χ4v) is 4.19. The average Bonchev–Trinajstić information content (AvgIpc) is 2.45. The molecule has 20 heavy (non-hydrogen) atoms. The van der Waals surface area contributed by atoms with Crippen LogP contribution in [0, 0.1) is 5.92 Å². The monoisotopic (exact) mass is 297 g/mol. The van der Waals surface area contributed by atoms with Gasteiger partial charge in [-0.25, -0.2) is 8.42 Å². The first-order valence-corrected chi connectivity index (χ1v) is 9.19. The van der Waals surface area contributed by atoms with Crippen molar-refractivity contribution >= 4 is 9.84 Å². The van der Waals surface area contributed by atoms with Crippen LogP contribution in [0.2, 0.25) is 0 Å². The van der Waals surface area contributed by atoms with Gasteiger partial charge in [-0.1, -0.05) is 12.5 Å². The molecule has 0 saturated heterocycles. The van der Waals surface area contributed by atoms with Crippen molar-refractivity contribution in [2.75, 3.05) is 6.26 Å². The largest absolute Gasteiger partial charge is 0.393 e. The van der Waals surface area contributed by atoms with Gasteiger partial charge in [-0.05, 0) is 50.2 Å². The Morgan fingerprint density at radius 3 is 2.85 bits per heavy atom. The van der Waals surface area contributed by atoms with Gasteiger partial charge in [-0.3, -0.25) is 4.98 Å². The van der Waals surface area contributed by atoms with Crippen molar-refractivity contribution in [3.63, 3.8) is 0 Å². The van der Waals surface area contributed by atoms with Gasteiger partial charge in [-0.15, -0.1) is 0 Å². The number of aliphatic hydroxyl groups is 1. The minimum atomic E-state index is -2.98. The van der Waals surface area contributed by atoms with Gasteiger partial charge >= 0.3 is 0 Å². The van der Waals surface area contributed by atoms with Crippen LogP contribution >= 0.6 is 0 Å². The van der Waals surface area contributed by atoms with Crippen LogP contribution in [0.25, 0.3) is 0 Å². The van der Waals surface area contributed by atoms with Gasteiger partial charge in [-0.2, -0.15) is 0 Å². The first kappa shape index (κ1) is 15.4. The molecule has 3 unspecified atom stereocenters. The highest BCUT2D eigenvalue weighted by Crippen LogP contribution is 2.31. The molecule has 0 bridgehead atoms. The molecule has 4 nitrogen and oxygen atoms in total. The average molecular weight is 297 g/mol. The second-order valence-corrected chi connectivity index (χ2v) is 8.13. The molecule has 1 fully saturated rings. The second kappa shape index (κ2) is 6.68. The molecule has 1 aliphatic rings. The highest BCUT2D eigenvalue weighted by atomic mass is 32.2. The van der Waals surface area contributed by atoms with Gasteiger partial charge in [0.25, 0.3) is 0 Å². The molecule has 5 heteroatoms. The summed E-state index contributed by atoms with van der Waals surface area (Å²) in [6.45, 7) is 0. The van der Waals surface area contributed by atoms with E-state index < -0.39 is 15.9 Å². The molecule has 1 saturated carbocycles. The third-order valence-corrected chi connectivity index (χ3v) is 5.88. The maximum atomic E-state index is 11.6. The highest BCUT2D eigenvalue weighted by Gasteiger charge is 2.32. The van der Waals surface area contributed by atoms with Gasteiger partial charge < -0.3 is 5.11 Å². The third kappa shape index (κ3) is 4.28. The van der Waals surface area contributed by atoms with E-state index in [1.54, 1.807) is 6.20 Å². The summed E-state index contributed by atoms with van der Waals surface area (Å²) in [6.07, 6.45) is 7.17. The molecule has 0 aliphatic heterocycles. The van der Waals surface area contributed by atoms with Crippen molar-refractivity contribution in [1.82, 2.24) is 4.98 Å². The normalized spacial score (nSPS) is 25.3. The molecule has 0 radical (unpaired) electrons. The predicted octanol–water partition coefficient (Wildman–Crippen LogP) is 1.98. The Hall–Kier alpha value is -0.940. The number of aromatic nitrogens is 1. The van der Waals surface area contributed by atoms with Crippen LogP contribution in [-0.4, -0.2) is 36.1 Å². The molecular weight excluding hydrogens is 274 g/mol. The zero-order valence-electron chi connectivity index (χ0n) is 11.9. The quantitative estimate of drug-likeness (QED) is 0.902. The van der Waals surface area contributed by atoms with Crippen molar-refractivity contribution in [3.8, 4) is 0 Å². The van der Waals surface area contributed by atoms with Gasteiger partial charge in [0.05, 0.1) is 11.4 Å². The molecule has 2 rings (SSSR count). The molecule has 1 N–H and O–H groups in total. The lowest BCUT2D eigenvalue weighted by atomic mass is 9.83. The molecular formula is C15H23NO3S. The van der Waals surface area contributed by atoms with E-state index in [4.69, 9.17) is 0 Å². The maximum absolute atomic E-state index is 11.6. The van der Waals surface area contributed by atoms with Crippen molar-refractivity contribution in [2.24, 2.45) is 5.92 Å². The van der Waals surface area contributed by atoms with E-state index in [-0.39, 0.29) is 11.2 Å². The number of aryl methyl sites for hydroxylation is 1. The Kier molecular flexibility index (Phi) is 5.16. The number of aliphatic hydroxyl groups excluding tert-OH is 1. The highest BCUT2D eigenvalue weighted by molar-refractivity contribution is 7.91. The lowest BCUT2D eigenvalue weighted by Gasteiger charge is -2.31. The van der Waals surface area contributed by atoms with E-state index in [0.29, 0.717) is 12.8 Å². The molecule has 1 heterocycles. The summed E-state index contributed by atoms with van der Waals surface area (Å²) >= 11 is 0. The van der Waals surface area contributed by atoms with Crippen LogP contribution in [0.5, 0.6) is 0 Å². The van der Waals surface area contributed by atoms with Gasteiger partial charge in [0.1, 0.15) is 9.84 Å². The van der Waals surface area contributed by atoms with E-state index in [2.05, 4.69) is 4.98 Å². The number of pyridine rings is 1. The SMILES string of the molecule is CS(=O)(=O)C1CCCC(C(O)CCc2ccccn2)C1. The zero-order chi connectivity index (χ0) is 14.6. The van der Waals surface area contributed by atoms with Crippen molar-refractivity contribution < 1.29 is 13.5 Å². The van der Waals surface area contributed by atoms with E-state index in [9.17, 15) is 13.5 Å². The van der Waals surface area contributed by atoms with Crippen LogP contribution in [0.3, 0.4) is 0 Å². The molecule has 1 aromatic heterocycles. The molecule has 0 aromatic carbocycles. The summed E-state index contributed by atoms with van der Waals surface area (Å²) in [5, 5.41) is 10.0. The van der Waals surface area contributed by atoms with Crippen LogP contribution in [0.4, 0.5) is 0 Å². The molecule has 1 aliphatic carbocycles. The molecule has 0 spiro atoms. The summed E-state index contributed by atoms with van der Waals surface area (Å²) in [5.74, 6) is 0.104. The van der Waals surface area contributed by atoms with E-state index >= 15 is 0 Å². The lowest BCUT2D eigenvalue weighted by molar-refractivity contribution is 0.0781. The number of nitrogens with zero attached hydrogens (tertiary/aromatic N) is 1. The summed E-state index contributed by atoms with van der Waals surface area (Å²) in [4.78, 5) is 4.24. The maximum Gasteiger partial charge on any atom is 0.150 e. The number of hydrogen-bond donors (Lipinski definition) is 1. The van der Waals surface area contributed by atoms with Crippen molar-refractivity contribution in [2.45, 2.75) is 49.9 Å². The van der Waals surface area contributed by atoms with Gasteiger partial charge in [0.2, 0.25) is 0 Å². The summed E-state index contributed by atoms with van der Waals surface area (Å²) < 4.78 is 23.3. The van der Waals surface area contributed by atoms with Crippen LogP contribution in [-0.2, 0) is 16.3 Å². The number of hydrogen-bond acceptors (Lipinski definition) is 4. The Bertz CT molecular complexity index is 515. The fourth-order valence-electron chi connectivity index (χ4n) is 3.00. The van der Waals surface area contributed by atoms with Crippen LogP contribution in [0.1, 0.15) is 37.8 Å². The minimum Gasteiger partial charge on any atom is -0.393 e. The summed E-state index contributed by atoms with van der Waals surface area (Å²) in [6, 6.07) is 5.76. The molecule has 112 valence electrons. The minimum absolute atomic E-state index is 0.104. The first-order chi connectivity index (χ1) is 9.47.